The third-order valence-electron chi connectivity index (χ3n) is 3.01. The second-order valence-corrected chi connectivity index (χ2v) is 4.23. The quantitative estimate of drug-likeness (QED) is 0.897. The summed E-state index contributed by atoms with van der Waals surface area (Å²) in [6.07, 6.45) is 0. The fraction of sp³-hybridized carbons (Fsp3) is 0.133. The molecular weight excluding hydrogens is 260 g/mol. The fourth-order valence-corrected chi connectivity index (χ4v) is 2.09. The molecular formula is C15H17ClN2O. The summed E-state index contributed by atoms with van der Waals surface area (Å²) in [5.74, 6) is -0.697. The largest absolute Gasteiger partial charge is 0.368 e. The van der Waals surface area contributed by atoms with Crippen LogP contribution in [-0.2, 0) is 4.79 Å². The minimum atomic E-state index is -0.727. The first kappa shape index (κ1) is 15.2. The second-order valence-electron chi connectivity index (χ2n) is 4.23. The normalized spacial score (nSPS) is 11.7. The SMILES string of the molecule is Cl.NC(=O)C(N)C(c1ccccc1)c1ccccc1. The Morgan fingerprint density at radius 1 is 0.842 bits per heavy atom. The van der Waals surface area contributed by atoms with E-state index in [9.17, 15) is 4.79 Å². The van der Waals surface area contributed by atoms with Crippen LogP contribution in [0, 0.1) is 0 Å². The molecule has 0 radical (unpaired) electrons. The summed E-state index contributed by atoms with van der Waals surface area (Å²) in [6, 6.07) is 18.7. The van der Waals surface area contributed by atoms with E-state index in [-0.39, 0.29) is 18.3 Å². The maximum absolute atomic E-state index is 11.4. The molecule has 2 aromatic carbocycles. The second kappa shape index (κ2) is 6.92. The van der Waals surface area contributed by atoms with Gasteiger partial charge in [-0.1, -0.05) is 60.7 Å². The maximum atomic E-state index is 11.4. The molecule has 0 aliphatic rings. The lowest BCUT2D eigenvalue weighted by atomic mass is 9.85. The molecule has 1 unspecified atom stereocenters. The lowest BCUT2D eigenvalue weighted by molar-refractivity contribution is -0.119. The zero-order valence-electron chi connectivity index (χ0n) is 10.4. The first-order valence-electron chi connectivity index (χ1n) is 5.85. The molecule has 4 N–H and O–H groups in total. The Labute approximate surface area is 119 Å². The number of benzene rings is 2. The van der Waals surface area contributed by atoms with Gasteiger partial charge in [-0.2, -0.15) is 0 Å². The summed E-state index contributed by atoms with van der Waals surface area (Å²) < 4.78 is 0. The predicted octanol–water partition coefficient (Wildman–Crippen LogP) is 2.05. The highest BCUT2D eigenvalue weighted by atomic mass is 35.5. The highest BCUT2D eigenvalue weighted by Crippen LogP contribution is 2.26. The van der Waals surface area contributed by atoms with Crippen molar-refractivity contribution in [2.75, 3.05) is 0 Å². The van der Waals surface area contributed by atoms with E-state index in [2.05, 4.69) is 0 Å². The van der Waals surface area contributed by atoms with Gasteiger partial charge in [0.1, 0.15) is 0 Å². The smallest absolute Gasteiger partial charge is 0.235 e. The zero-order valence-corrected chi connectivity index (χ0v) is 11.2. The molecule has 0 spiro atoms. The molecule has 3 nitrogen and oxygen atoms in total. The molecule has 0 aliphatic carbocycles. The van der Waals surface area contributed by atoms with E-state index in [4.69, 9.17) is 11.5 Å². The van der Waals surface area contributed by atoms with E-state index in [1.807, 2.05) is 60.7 Å². The summed E-state index contributed by atoms with van der Waals surface area (Å²) in [5.41, 5.74) is 13.3. The summed E-state index contributed by atoms with van der Waals surface area (Å²) in [5, 5.41) is 0. The van der Waals surface area contributed by atoms with E-state index < -0.39 is 11.9 Å². The van der Waals surface area contributed by atoms with Crippen molar-refractivity contribution in [2.24, 2.45) is 11.5 Å². The van der Waals surface area contributed by atoms with Crippen molar-refractivity contribution in [1.29, 1.82) is 0 Å². The van der Waals surface area contributed by atoms with Crippen molar-refractivity contribution in [1.82, 2.24) is 0 Å². The maximum Gasteiger partial charge on any atom is 0.235 e. The lowest BCUT2D eigenvalue weighted by Crippen LogP contribution is -2.41. The first-order chi connectivity index (χ1) is 8.70. The Bertz CT molecular complexity index is 477. The van der Waals surface area contributed by atoms with E-state index in [1.165, 1.54) is 0 Å². The van der Waals surface area contributed by atoms with Crippen molar-refractivity contribution >= 4 is 18.3 Å². The van der Waals surface area contributed by atoms with Gasteiger partial charge in [0.15, 0.2) is 0 Å². The third-order valence-corrected chi connectivity index (χ3v) is 3.01. The molecule has 4 heteroatoms. The minimum absolute atomic E-state index is 0. The van der Waals surface area contributed by atoms with E-state index >= 15 is 0 Å². The molecule has 1 atom stereocenters. The number of halogens is 1. The Morgan fingerprint density at radius 2 is 1.21 bits per heavy atom. The molecule has 2 aromatic rings. The van der Waals surface area contributed by atoms with Gasteiger partial charge in [-0.3, -0.25) is 4.79 Å². The van der Waals surface area contributed by atoms with Gasteiger partial charge >= 0.3 is 0 Å². The third kappa shape index (κ3) is 3.56. The van der Waals surface area contributed by atoms with Crippen molar-refractivity contribution in [2.45, 2.75) is 12.0 Å². The van der Waals surface area contributed by atoms with Crippen LogP contribution >= 0.6 is 12.4 Å². The van der Waals surface area contributed by atoms with Gasteiger partial charge in [0.05, 0.1) is 6.04 Å². The predicted molar refractivity (Wildman–Crippen MR) is 79.1 cm³/mol. The van der Waals surface area contributed by atoms with Crippen LogP contribution in [0.4, 0.5) is 0 Å². The van der Waals surface area contributed by atoms with Crippen LogP contribution in [0.3, 0.4) is 0 Å². The molecule has 19 heavy (non-hydrogen) atoms. The topological polar surface area (TPSA) is 69.1 Å². The number of hydrogen-bond donors (Lipinski definition) is 2. The van der Waals surface area contributed by atoms with E-state index in [0.717, 1.165) is 11.1 Å². The molecule has 0 saturated carbocycles. The zero-order chi connectivity index (χ0) is 13.0. The summed E-state index contributed by atoms with van der Waals surface area (Å²) in [6.45, 7) is 0. The van der Waals surface area contributed by atoms with Crippen LogP contribution in [0.2, 0.25) is 0 Å². The average Bonchev–Trinajstić information content (AvgIpc) is 2.41. The highest BCUT2D eigenvalue weighted by Gasteiger charge is 2.25. The minimum Gasteiger partial charge on any atom is -0.368 e. The van der Waals surface area contributed by atoms with Crippen LogP contribution < -0.4 is 11.5 Å². The van der Waals surface area contributed by atoms with Crippen molar-refractivity contribution in [3.05, 3.63) is 71.8 Å². The van der Waals surface area contributed by atoms with Crippen LogP contribution in [0.1, 0.15) is 17.0 Å². The number of rotatable bonds is 4. The summed E-state index contributed by atoms with van der Waals surface area (Å²) in [7, 11) is 0. The van der Waals surface area contributed by atoms with Gasteiger partial charge in [-0.25, -0.2) is 0 Å². The standard InChI is InChI=1S/C15H16N2O.ClH/c16-14(15(17)18)13(11-7-3-1-4-8-11)12-9-5-2-6-10-12;/h1-10,13-14H,16H2,(H2,17,18);1H. The van der Waals surface area contributed by atoms with Gasteiger partial charge in [-0.05, 0) is 11.1 Å². The number of hydrogen-bond acceptors (Lipinski definition) is 2. The number of carbonyl (C=O) groups excluding carboxylic acids is 1. The average molecular weight is 277 g/mol. The van der Waals surface area contributed by atoms with Crippen LogP contribution in [0.25, 0.3) is 0 Å². The monoisotopic (exact) mass is 276 g/mol. The molecule has 0 heterocycles. The summed E-state index contributed by atoms with van der Waals surface area (Å²) >= 11 is 0. The number of amides is 1. The molecule has 100 valence electrons. The Hall–Kier alpha value is -1.84. The number of carbonyl (C=O) groups is 1. The Morgan fingerprint density at radius 3 is 1.53 bits per heavy atom. The first-order valence-corrected chi connectivity index (χ1v) is 5.85. The van der Waals surface area contributed by atoms with Crippen LogP contribution in [-0.4, -0.2) is 11.9 Å². The van der Waals surface area contributed by atoms with Crippen LogP contribution in [0.5, 0.6) is 0 Å². The van der Waals surface area contributed by atoms with Crippen molar-refractivity contribution < 1.29 is 4.79 Å². The van der Waals surface area contributed by atoms with Gasteiger partial charge in [-0.15, -0.1) is 12.4 Å². The van der Waals surface area contributed by atoms with Gasteiger partial charge in [0.25, 0.3) is 0 Å². The lowest BCUT2D eigenvalue weighted by Gasteiger charge is -2.22. The van der Waals surface area contributed by atoms with E-state index in [1.54, 1.807) is 0 Å². The number of nitrogens with two attached hydrogens (primary N) is 2. The van der Waals surface area contributed by atoms with E-state index in [0.29, 0.717) is 0 Å². The van der Waals surface area contributed by atoms with Gasteiger partial charge < -0.3 is 11.5 Å². The number of primary amides is 1. The van der Waals surface area contributed by atoms with Crippen molar-refractivity contribution in [3.8, 4) is 0 Å². The molecule has 2 rings (SSSR count). The molecule has 0 aromatic heterocycles. The Balaban J connectivity index is 0.00000180. The molecule has 0 fully saturated rings. The molecule has 0 saturated heterocycles. The fourth-order valence-electron chi connectivity index (χ4n) is 2.09. The highest BCUT2D eigenvalue weighted by molar-refractivity contribution is 5.85. The molecule has 1 amide bonds. The summed E-state index contributed by atoms with van der Waals surface area (Å²) in [4.78, 5) is 11.4. The molecule has 0 bridgehead atoms. The molecule has 0 aliphatic heterocycles. The van der Waals surface area contributed by atoms with Crippen LogP contribution in [0.15, 0.2) is 60.7 Å². The van der Waals surface area contributed by atoms with Crippen molar-refractivity contribution in [3.63, 3.8) is 0 Å². The van der Waals surface area contributed by atoms with Gasteiger partial charge in [0.2, 0.25) is 5.91 Å². The van der Waals surface area contributed by atoms with Gasteiger partial charge in [0, 0.05) is 5.92 Å². The Kier molecular flexibility index (Phi) is 5.55.